The molecule has 1 heterocycles. The van der Waals surface area contributed by atoms with Crippen molar-refractivity contribution in [2.45, 2.75) is 0 Å². The summed E-state index contributed by atoms with van der Waals surface area (Å²) in [6, 6.07) is 5.22. The number of aromatic hydroxyl groups is 1. The van der Waals surface area contributed by atoms with E-state index in [0.29, 0.717) is 16.2 Å². The van der Waals surface area contributed by atoms with E-state index in [9.17, 15) is 5.11 Å². The molecule has 15 heavy (non-hydrogen) atoms. The lowest BCUT2D eigenvalue weighted by Crippen LogP contribution is -1.89. The topological polar surface area (TPSA) is 53.8 Å². The van der Waals surface area contributed by atoms with Crippen LogP contribution in [0.2, 0.25) is 0 Å². The lowest BCUT2D eigenvalue weighted by Gasteiger charge is -2.00. The van der Waals surface area contributed by atoms with Crippen molar-refractivity contribution in [1.29, 1.82) is 0 Å². The zero-order valence-electron chi connectivity index (χ0n) is 7.86. The second-order valence-electron chi connectivity index (χ2n) is 3.08. The summed E-state index contributed by atoms with van der Waals surface area (Å²) in [7, 11) is 1.77. The summed E-state index contributed by atoms with van der Waals surface area (Å²) in [4.78, 5) is 4.12. The van der Waals surface area contributed by atoms with Crippen LogP contribution in [0.1, 0.15) is 0 Å². The van der Waals surface area contributed by atoms with Crippen LogP contribution in [0.4, 0.5) is 0 Å². The van der Waals surface area contributed by atoms with Crippen LogP contribution >= 0.6 is 28.1 Å². The number of hydrogen-bond donors (Lipinski definition) is 2. The fraction of sp³-hybridized carbons (Fsp3) is 0.111. The summed E-state index contributed by atoms with van der Waals surface area (Å²) in [6.45, 7) is 0. The number of rotatable bonds is 1. The van der Waals surface area contributed by atoms with Gasteiger partial charge in [-0.15, -0.1) is 0 Å². The molecule has 0 unspecified atom stereocenters. The van der Waals surface area contributed by atoms with Crippen LogP contribution in [0.3, 0.4) is 0 Å². The molecular weight excluding hydrogens is 278 g/mol. The molecule has 0 aliphatic rings. The highest BCUT2D eigenvalue weighted by Crippen LogP contribution is 2.29. The summed E-state index contributed by atoms with van der Waals surface area (Å²) < 4.78 is 2.89. The summed E-state index contributed by atoms with van der Waals surface area (Å²) in [5.41, 5.74) is 0.630. The van der Waals surface area contributed by atoms with Crippen LogP contribution in [-0.4, -0.2) is 19.9 Å². The highest BCUT2D eigenvalue weighted by molar-refractivity contribution is 9.10. The molecule has 2 N–H and O–H groups in total. The number of hydrogen-bond acceptors (Lipinski definition) is 3. The minimum absolute atomic E-state index is 0.161. The second kappa shape index (κ2) is 3.79. The molecule has 0 saturated heterocycles. The van der Waals surface area contributed by atoms with Crippen molar-refractivity contribution in [2.24, 2.45) is 7.05 Å². The number of aromatic amines is 1. The van der Waals surface area contributed by atoms with Gasteiger partial charge in [0.25, 0.3) is 0 Å². The molecule has 1 aromatic heterocycles. The highest BCUT2D eigenvalue weighted by Gasteiger charge is 2.08. The van der Waals surface area contributed by atoms with E-state index >= 15 is 0 Å². The van der Waals surface area contributed by atoms with Gasteiger partial charge in [0.2, 0.25) is 4.77 Å². The fourth-order valence-electron chi connectivity index (χ4n) is 1.23. The van der Waals surface area contributed by atoms with Gasteiger partial charge < -0.3 is 5.11 Å². The van der Waals surface area contributed by atoms with E-state index in [2.05, 4.69) is 26.0 Å². The quantitative estimate of drug-likeness (QED) is 0.792. The number of H-pyrrole nitrogens is 1. The Morgan fingerprint density at radius 2 is 2.27 bits per heavy atom. The normalized spacial score (nSPS) is 10.5. The van der Waals surface area contributed by atoms with E-state index in [-0.39, 0.29) is 5.75 Å². The standard InChI is InChI=1S/C9H8BrN3OS/c1-13-9(15)11-8(12-13)6-3-2-5(10)4-7(6)14/h2-4,14H,1H3,(H,11,12,15). The van der Waals surface area contributed by atoms with Gasteiger partial charge in [-0.3, -0.25) is 9.78 Å². The predicted molar refractivity (Wildman–Crippen MR) is 63.2 cm³/mol. The Morgan fingerprint density at radius 3 is 2.80 bits per heavy atom. The number of halogens is 1. The number of phenolic OH excluding ortho intramolecular Hbond substituents is 1. The minimum Gasteiger partial charge on any atom is -0.507 e. The largest absolute Gasteiger partial charge is 0.507 e. The number of aryl methyl sites for hydroxylation is 1. The van der Waals surface area contributed by atoms with Gasteiger partial charge in [-0.1, -0.05) is 15.9 Å². The number of nitrogens with one attached hydrogen (secondary N) is 1. The molecule has 78 valence electrons. The molecule has 0 amide bonds. The van der Waals surface area contributed by atoms with Gasteiger partial charge in [-0.25, -0.2) is 0 Å². The van der Waals surface area contributed by atoms with Gasteiger partial charge in [0.05, 0.1) is 5.56 Å². The van der Waals surface area contributed by atoms with Gasteiger partial charge >= 0.3 is 0 Å². The summed E-state index contributed by atoms with van der Waals surface area (Å²) in [5.74, 6) is 0.723. The molecule has 1 aromatic carbocycles. The summed E-state index contributed by atoms with van der Waals surface area (Å²) >= 11 is 8.24. The van der Waals surface area contributed by atoms with E-state index in [1.54, 1.807) is 23.9 Å². The van der Waals surface area contributed by atoms with E-state index in [1.165, 1.54) is 0 Å². The third-order valence-corrected chi connectivity index (χ3v) is 2.84. The molecule has 4 nitrogen and oxygen atoms in total. The first-order valence-electron chi connectivity index (χ1n) is 4.20. The van der Waals surface area contributed by atoms with Gasteiger partial charge in [0.15, 0.2) is 5.82 Å². The Morgan fingerprint density at radius 1 is 1.53 bits per heavy atom. The number of phenols is 1. The van der Waals surface area contributed by atoms with Crippen molar-refractivity contribution < 1.29 is 5.11 Å². The fourth-order valence-corrected chi connectivity index (χ4v) is 1.71. The molecule has 0 aliphatic carbocycles. The van der Waals surface area contributed by atoms with Crippen LogP contribution in [-0.2, 0) is 7.05 Å². The molecule has 0 saturated carbocycles. The SMILES string of the molecule is Cn1[nH]c(-c2ccc(Br)cc2O)nc1=S. The Bertz CT molecular complexity index is 561. The zero-order chi connectivity index (χ0) is 11.0. The van der Waals surface area contributed by atoms with Crippen molar-refractivity contribution in [1.82, 2.24) is 14.8 Å². The summed E-state index contributed by atoms with van der Waals surface area (Å²) in [5, 5.41) is 12.7. The minimum atomic E-state index is 0.161. The maximum Gasteiger partial charge on any atom is 0.216 e. The molecule has 2 rings (SSSR count). The van der Waals surface area contributed by atoms with Crippen LogP contribution in [0.15, 0.2) is 22.7 Å². The van der Waals surface area contributed by atoms with Gasteiger partial charge in [-0.2, -0.15) is 4.98 Å². The molecule has 6 heteroatoms. The average Bonchev–Trinajstić information content (AvgIpc) is 2.46. The molecule has 2 aromatic rings. The molecule has 0 fully saturated rings. The first-order valence-corrected chi connectivity index (χ1v) is 5.40. The van der Waals surface area contributed by atoms with Crippen LogP contribution in [0, 0.1) is 4.77 Å². The van der Waals surface area contributed by atoms with Gasteiger partial charge in [-0.05, 0) is 30.4 Å². The van der Waals surface area contributed by atoms with Crippen LogP contribution < -0.4 is 0 Å². The third kappa shape index (κ3) is 1.95. The Labute approximate surface area is 99.7 Å². The van der Waals surface area contributed by atoms with Crippen molar-refractivity contribution in [2.75, 3.05) is 0 Å². The zero-order valence-corrected chi connectivity index (χ0v) is 10.3. The lowest BCUT2D eigenvalue weighted by atomic mass is 10.2. The van der Waals surface area contributed by atoms with Crippen LogP contribution in [0.25, 0.3) is 11.4 Å². The molecule has 0 radical (unpaired) electrons. The van der Waals surface area contributed by atoms with Crippen molar-refractivity contribution in [3.63, 3.8) is 0 Å². The highest BCUT2D eigenvalue weighted by atomic mass is 79.9. The summed E-state index contributed by atoms with van der Waals surface area (Å²) in [6.07, 6.45) is 0. The second-order valence-corrected chi connectivity index (χ2v) is 4.36. The van der Waals surface area contributed by atoms with E-state index in [1.807, 2.05) is 6.07 Å². The molecule has 0 spiro atoms. The van der Waals surface area contributed by atoms with E-state index in [4.69, 9.17) is 12.2 Å². The predicted octanol–water partition coefficient (Wildman–Crippen LogP) is 2.61. The molecule has 0 bridgehead atoms. The first-order chi connectivity index (χ1) is 7.08. The van der Waals surface area contributed by atoms with Crippen LogP contribution in [0.5, 0.6) is 5.75 Å². The Balaban J connectivity index is 2.59. The van der Waals surface area contributed by atoms with Gasteiger partial charge in [0, 0.05) is 11.5 Å². The third-order valence-electron chi connectivity index (χ3n) is 1.98. The lowest BCUT2D eigenvalue weighted by molar-refractivity contribution is 0.476. The first kappa shape index (κ1) is 10.4. The van der Waals surface area contributed by atoms with E-state index < -0.39 is 0 Å². The average molecular weight is 286 g/mol. The number of benzene rings is 1. The van der Waals surface area contributed by atoms with Gasteiger partial charge in [0.1, 0.15) is 5.75 Å². The maximum atomic E-state index is 9.71. The number of nitrogens with zero attached hydrogens (tertiary/aromatic N) is 2. The maximum absolute atomic E-state index is 9.71. The Kier molecular flexibility index (Phi) is 2.62. The molecule has 0 atom stereocenters. The van der Waals surface area contributed by atoms with Crippen molar-refractivity contribution in [3.8, 4) is 17.1 Å². The smallest absolute Gasteiger partial charge is 0.216 e. The molecular formula is C9H8BrN3OS. The Hall–Kier alpha value is -1.14. The van der Waals surface area contributed by atoms with E-state index in [0.717, 1.165) is 4.47 Å². The van der Waals surface area contributed by atoms with Crippen molar-refractivity contribution in [3.05, 3.63) is 27.4 Å². The molecule has 0 aliphatic heterocycles. The monoisotopic (exact) mass is 285 g/mol. The van der Waals surface area contributed by atoms with Crippen molar-refractivity contribution >= 4 is 28.1 Å². The number of aromatic nitrogens is 3.